The number of likely N-dealkylation sites (tertiary alicyclic amines) is 1. The molecule has 1 aliphatic heterocycles. The number of nitrogens with zero attached hydrogens (tertiary/aromatic N) is 1. The monoisotopic (exact) mass is 472 g/mol. The van der Waals surface area contributed by atoms with E-state index in [1.165, 1.54) is 13.3 Å². The van der Waals surface area contributed by atoms with Crippen molar-refractivity contribution in [1.82, 2.24) is 20.9 Å². The summed E-state index contributed by atoms with van der Waals surface area (Å²) >= 11 is 0. The molecule has 188 valence electrons. The predicted molar refractivity (Wildman–Crippen MR) is 118 cm³/mol. The quantitative estimate of drug-likeness (QED) is 0.148. The second-order valence-electron chi connectivity index (χ2n) is 7.56. The van der Waals surface area contributed by atoms with Crippen molar-refractivity contribution in [1.29, 1.82) is 0 Å². The topological polar surface area (TPSA) is 187 Å². The highest BCUT2D eigenvalue weighted by Gasteiger charge is 2.32. The third-order valence-electron chi connectivity index (χ3n) is 4.44. The summed E-state index contributed by atoms with van der Waals surface area (Å²) < 4.78 is 15.7. The van der Waals surface area contributed by atoms with Crippen molar-refractivity contribution in [2.24, 2.45) is 11.5 Å². The maximum absolute atomic E-state index is 12.1. The number of primary amides is 1. The van der Waals surface area contributed by atoms with Gasteiger partial charge < -0.3 is 46.5 Å². The van der Waals surface area contributed by atoms with Crippen LogP contribution in [0.15, 0.2) is 11.9 Å². The van der Waals surface area contributed by atoms with Gasteiger partial charge in [0.2, 0.25) is 23.6 Å². The van der Waals surface area contributed by atoms with Crippen LogP contribution in [0.25, 0.3) is 0 Å². The Bertz CT molecular complexity index is 682. The maximum atomic E-state index is 12.1. The lowest BCUT2D eigenvalue weighted by Crippen LogP contribution is -2.56. The van der Waals surface area contributed by atoms with Crippen LogP contribution in [0.1, 0.15) is 19.8 Å². The number of hydrogen-bond donors (Lipinski definition) is 5. The van der Waals surface area contributed by atoms with Crippen LogP contribution < -0.4 is 27.4 Å². The molecule has 7 N–H and O–H groups in total. The molecule has 0 bridgehead atoms. The lowest BCUT2D eigenvalue weighted by atomic mass is 10.1. The zero-order valence-corrected chi connectivity index (χ0v) is 19.3. The number of nitrogens with one attached hydrogen (secondary N) is 3. The molecule has 33 heavy (non-hydrogen) atoms. The summed E-state index contributed by atoms with van der Waals surface area (Å²) in [6.45, 7) is 3.28. The highest BCUT2D eigenvalue weighted by Crippen LogP contribution is 2.13. The summed E-state index contributed by atoms with van der Waals surface area (Å²) in [5.41, 5.74) is 11.3. The first-order valence-electron chi connectivity index (χ1n) is 10.7. The van der Waals surface area contributed by atoms with E-state index in [2.05, 4.69) is 16.0 Å². The van der Waals surface area contributed by atoms with E-state index in [1.807, 2.05) is 6.92 Å². The molecule has 1 aliphatic rings. The van der Waals surface area contributed by atoms with E-state index in [0.717, 1.165) is 6.42 Å². The van der Waals surface area contributed by atoms with Crippen molar-refractivity contribution in [3.63, 3.8) is 0 Å². The van der Waals surface area contributed by atoms with E-state index in [1.54, 1.807) is 4.90 Å². The third-order valence-corrected chi connectivity index (χ3v) is 4.44. The van der Waals surface area contributed by atoms with Gasteiger partial charge in [0.25, 0.3) is 0 Å². The standard InChI is InChI=1S/C20H36N6O7/c1-3-4-24-18(28)7-23-6-14(21)10-32-13-20(30)26-8-16(9-26)33-11-15(5-17(22)27)25-19(29)12-31-2/h6,15-16,23H,3-5,7-13,21H2,1-2H3,(H2,22,27)(H,24,28)(H,25,29)/b14-6-. The molecule has 1 saturated heterocycles. The third kappa shape index (κ3) is 12.7. The molecule has 0 spiro atoms. The summed E-state index contributed by atoms with van der Waals surface area (Å²) in [5, 5.41) is 8.13. The van der Waals surface area contributed by atoms with Crippen LogP contribution in [0.2, 0.25) is 0 Å². The van der Waals surface area contributed by atoms with Gasteiger partial charge in [-0.15, -0.1) is 0 Å². The van der Waals surface area contributed by atoms with E-state index in [4.69, 9.17) is 25.7 Å². The molecule has 1 fully saturated rings. The minimum atomic E-state index is -0.570. The van der Waals surface area contributed by atoms with Gasteiger partial charge >= 0.3 is 0 Å². The molecule has 1 unspecified atom stereocenters. The van der Waals surface area contributed by atoms with Gasteiger partial charge in [0.15, 0.2) is 0 Å². The maximum Gasteiger partial charge on any atom is 0.248 e. The first-order valence-corrected chi connectivity index (χ1v) is 10.7. The summed E-state index contributed by atoms with van der Waals surface area (Å²) in [6.07, 6.45) is 2.05. The fraction of sp³-hybridized carbons (Fsp3) is 0.700. The minimum Gasteiger partial charge on any atom is -0.399 e. The average molecular weight is 473 g/mol. The van der Waals surface area contributed by atoms with Gasteiger partial charge in [0, 0.05) is 39.4 Å². The molecule has 13 nitrogen and oxygen atoms in total. The Hall–Kier alpha value is -2.90. The molecule has 13 heteroatoms. The molecular formula is C20H36N6O7. The fourth-order valence-corrected chi connectivity index (χ4v) is 2.79. The summed E-state index contributed by atoms with van der Waals surface area (Å²) in [6, 6.07) is -0.570. The average Bonchev–Trinajstić information content (AvgIpc) is 2.70. The predicted octanol–water partition coefficient (Wildman–Crippen LogP) is -2.85. The second kappa shape index (κ2) is 15.8. The van der Waals surface area contributed by atoms with Crippen molar-refractivity contribution in [3.05, 3.63) is 11.9 Å². The molecule has 0 aromatic carbocycles. The van der Waals surface area contributed by atoms with Crippen molar-refractivity contribution in [2.75, 3.05) is 59.7 Å². The number of hydrogen-bond acceptors (Lipinski definition) is 9. The van der Waals surface area contributed by atoms with Crippen LogP contribution in [0, 0.1) is 0 Å². The Morgan fingerprint density at radius 2 is 1.85 bits per heavy atom. The lowest BCUT2D eigenvalue weighted by Gasteiger charge is -2.39. The van der Waals surface area contributed by atoms with Gasteiger partial charge in [0.05, 0.1) is 37.6 Å². The van der Waals surface area contributed by atoms with Crippen LogP contribution in [0.5, 0.6) is 0 Å². The smallest absolute Gasteiger partial charge is 0.248 e. The number of amides is 4. The molecule has 0 aromatic heterocycles. The van der Waals surface area contributed by atoms with E-state index < -0.39 is 11.9 Å². The van der Waals surface area contributed by atoms with Gasteiger partial charge in [-0.1, -0.05) is 6.92 Å². The Morgan fingerprint density at radius 3 is 2.48 bits per heavy atom. The normalized spacial score (nSPS) is 14.8. The Balaban J connectivity index is 2.21. The van der Waals surface area contributed by atoms with Gasteiger partial charge in [-0.05, 0) is 6.42 Å². The molecule has 0 aliphatic carbocycles. The van der Waals surface area contributed by atoms with Crippen molar-refractivity contribution in [2.45, 2.75) is 31.9 Å². The van der Waals surface area contributed by atoms with Crippen LogP contribution >= 0.6 is 0 Å². The fourth-order valence-electron chi connectivity index (χ4n) is 2.79. The zero-order chi connectivity index (χ0) is 24.6. The van der Waals surface area contributed by atoms with E-state index in [9.17, 15) is 19.2 Å². The van der Waals surface area contributed by atoms with Gasteiger partial charge in [-0.2, -0.15) is 0 Å². The van der Waals surface area contributed by atoms with E-state index >= 15 is 0 Å². The Labute approximate surface area is 193 Å². The summed E-state index contributed by atoms with van der Waals surface area (Å²) in [7, 11) is 1.39. The zero-order valence-electron chi connectivity index (χ0n) is 19.3. The number of nitrogens with two attached hydrogens (primary N) is 2. The SMILES string of the molecule is CCCNC(=O)CN/C=C(\N)COCC(=O)N1CC(OCC(CC(N)=O)NC(=O)COC)C1. The van der Waals surface area contributed by atoms with Crippen LogP contribution in [-0.2, 0) is 33.4 Å². The van der Waals surface area contributed by atoms with E-state index in [0.29, 0.717) is 25.3 Å². The molecule has 0 radical (unpaired) electrons. The highest BCUT2D eigenvalue weighted by molar-refractivity contribution is 5.80. The number of rotatable bonds is 17. The van der Waals surface area contributed by atoms with Gasteiger partial charge in [0.1, 0.15) is 13.2 Å². The Morgan fingerprint density at radius 1 is 1.12 bits per heavy atom. The molecule has 1 rings (SSSR count). The first-order chi connectivity index (χ1) is 15.7. The van der Waals surface area contributed by atoms with Gasteiger partial charge in [-0.25, -0.2) is 0 Å². The lowest BCUT2D eigenvalue weighted by molar-refractivity contribution is -0.150. The molecular weight excluding hydrogens is 436 g/mol. The van der Waals surface area contributed by atoms with Crippen molar-refractivity contribution >= 4 is 23.6 Å². The molecule has 1 heterocycles. The Kier molecular flexibility index (Phi) is 13.5. The molecule has 4 amide bonds. The molecule has 0 saturated carbocycles. The number of ether oxygens (including phenoxy) is 3. The number of carbonyl (C=O) groups is 4. The van der Waals surface area contributed by atoms with Crippen LogP contribution in [-0.4, -0.2) is 100 Å². The van der Waals surface area contributed by atoms with Crippen LogP contribution in [0.4, 0.5) is 0 Å². The van der Waals surface area contributed by atoms with Gasteiger partial charge in [-0.3, -0.25) is 19.2 Å². The van der Waals surface area contributed by atoms with Crippen LogP contribution in [0.3, 0.4) is 0 Å². The molecule has 1 atom stereocenters. The minimum absolute atomic E-state index is 0.0407. The first kappa shape index (κ1) is 28.1. The number of methoxy groups -OCH3 is 1. The molecule has 0 aromatic rings. The summed E-state index contributed by atoms with van der Waals surface area (Å²) in [5.74, 6) is -1.29. The second-order valence-corrected chi connectivity index (χ2v) is 7.56. The number of carbonyl (C=O) groups excluding carboxylic acids is 4. The van der Waals surface area contributed by atoms with Crippen molar-refractivity contribution in [3.8, 4) is 0 Å². The van der Waals surface area contributed by atoms with Crippen molar-refractivity contribution < 1.29 is 33.4 Å². The highest BCUT2D eigenvalue weighted by atomic mass is 16.5. The largest absolute Gasteiger partial charge is 0.399 e. The summed E-state index contributed by atoms with van der Waals surface area (Å²) in [4.78, 5) is 48.0. The van der Waals surface area contributed by atoms with E-state index in [-0.39, 0.29) is 63.2 Å².